The van der Waals surface area contributed by atoms with Gasteiger partial charge in [-0.15, -0.1) is 0 Å². The van der Waals surface area contributed by atoms with Gasteiger partial charge in [0.2, 0.25) is 0 Å². The fraction of sp³-hybridized carbons (Fsp3) is 0.286. The number of hydrogen-bond donors (Lipinski definition) is 0. The largest absolute Gasteiger partial charge is 0.220 e. The minimum absolute atomic E-state index is 0.00620. The molecule has 0 amide bonds. The van der Waals surface area contributed by atoms with Crippen LogP contribution in [0.4, 0.5) is 4.39 Å². The average molecular weight is 297 g/mol. The Labute approximate surface area is 120 Å². The Morgan fingerprint density at radius 3 is 2.32 bits per heavy atom. The van der Waals surface area contributed by atoms with Crippen molar-refractivity contribution in [2.45, 2.75) is 25.2 Å². The average Bonchev–Trinajstić information content (AvgIpc) is 3.08. The minimum Gasteiger partial charge on any atom is -0.220 e. The molecule has 98 valence electrons. The number of nitrogens with zero attached hydrogens (tertiary/aromatic N) is 2. The van der Waals surface area contributed by atoms with Gasteiger partial charge in [0.1, 0.15) is 21.9 Å². The van der Waals surface area contributed by atoms with Crippen molar-refractivity contribution < 1.29 is 4.39 Å². The van der Waals surface area contributed by atoms with Crippen LogP contribution in [0.1, 0.15) is 25.6 Å². The van der Waals surface area contributed by atoms with Crippen molar-refractivity contribution in [2.75, 3.05) is 0 Å². The second-order valence-electron chi connectivity index (χ2n) is 5.07. The summed E-state index contributed by atoms with van der Waals surface area (Å²) in [6.07, 6.45) is 2.08. The van der Waals surface area contributed by atoms with Gasteiger partial charge in [-0.25, -0.2) is 14.4 Å². The highest BCUT2D eigenvalue weighted by molar-refractivity contribution is 6.37. The summed E-state index contributed by atoms with van der Waals surface area (Å²) < 4.78 is 13.3. The lowest BCUT2D eigenvalue weighted by molar-refractivity contribution is 0.628. The second kappa shape index (κ2) is 4.43. The fourth-order valence-corrected chi connectivity index (χ4v) is 2.58. The summed E-state index contributed by atoms with van der Waals surface area (Å²) in [5, 5.41) is 0.544. The summed E-state index contributed by atoms with van der Waals surface area (Å²) in [6.45, 7) is 2.08. The predicted molar refractivity (Wildman–Crippen MR) is 74.0 cm³/mol. The van der Waals surface area contributed by atoms with E-state index in [9.17, 15) is 4.39 Å². The van der Waals surface area contributed by atoms with Crippen LogP contribution in [-0.4, -0.2) is 9.97 Å². The van der Waals surface area contributed by atoms with Crippen molar-refractivity contribution in [2.24, 2.45) is 0 Å². The Balaban J connectivity index is 2.12. The lowest BCUT2D eigenvalue weighted by atomic mass is 10.1. The first-order valence-corrected chi connectivity index (χ1v) is 6.75. The third kappa shape index (κ3) is 2.33. The lowest BCUT2D eigenvalue weighted by Crippen LogP contribution is -2.08. The lowest BCUT2D eigenvalue weighted by Gasteiger charge is -2.11. The topological polar surface area (TPSA) is 25.8 Å². The van der Waals surface area contributed by atoms with Gasteiger partial charge in [0.15, 0.2) is 0 Å². The van der Waals surface area contributed by atoms with E-state index in [1.165, 1.54) is 12.1 Å². The van der Waals surface area contributed by atoms with E-state index < -0.39 is 0 Å². The highest BCUT2D eigenvalue weighted by atomic mass is 35.5. The second-order valence-corrected chi connectivity index (χ2v) is 5.79. The number of aromatic nitrogens is 2. The van der Waals surface area contributed by atoms with Crippen molar-refractivity contribution in [3.05, 3.63) is 46.2 Å². The molecule has 0 radical (unpaired) electrons. The molecule has 0 atom stereocenters. The van der Waals surface area contributed by atoms with Gasteiger partial charge in [0.25, 0.3) is 0 Å². The summed E-state index contributed by atoms with van der Waals surface area (Å²) in [4.78, 5) is 8.64. The van der Waals surface area contributed by atoms with Crippen molar-refractivity contribution in [3.63, 3.8) is 0 Å². The molecule has 1 saturated carbocycles. The van der Waals surface area contributed by atoms with Crippen LogP contribution in [0, 0.1) is 5.82 Å². The van der Waals surface area contributed by atoms with Gasteiger partial charge in [-0.1, -0.05) is 42.3 Å². The van der Waals surface area contributed by atoms with Crippen molar-refractivity contribution >= 4 is 23.2 Å². The Kier molecular flexibility index (Phi) is 2.99. The van der Waals surface area contributed by atoms with Crippen LogP contribution >= 0.6 is 23.2 Å². The fourth-order valence-electron chi connectivity index (χ4n) is 1.97. The van der Waals surface area contributed by atoms with E-state index in [0.29, 0.717) is 17.0 Å². The van der Waals surface area contributed by atoms with E-state index in [4.69, 9.17) is 23.2 Å². The molecule has 0 saturated heterocycles. The third-order valence-electron chi connectivity index (χ3n) is 3.47. The molecule has 3 rings (SSSR count). The molecule has 1 fully saturated rings. The summed E-state index contributed by atoms with van der Waals surface area (Å²) in [5.41, 5.74) is 1.06. The molecule has 1 aliphatic rings. The van der Waals surface area contributed by atoms with Gasteiger partial charge in [-0.05, 0) is 30.5 Å². The maximum Gasteiger partial charge on any atom is 0.142 e. The highest BCUT2D eigenvalue weighted by Gasteiger charge is 2.42. The molecule has 0 aliphatic heterocycles. The standard InChI is InChI=1S/C14H11Cl2FN2/c1-14(5-6-14)13-18-11(15)10(12(16)19-13)8-3-2-4-9(17)7-8/h2-4,7H,5-6H2,1H3. The number of halogens is 3. The molecular formula is C14H11Cl2FN2. The Hall–Kier alpha value is -1.19. The maximum absolute atomic E-state index is 13.3. The Morgan fingerprint density at radius 2 is 1.79 bits per heavy atom. The summed E-state index contributed by atoms with van der Waals surface area (Å²) in [6, 6.07) is 6.08. The van der Waals surface area contributed by atoms with E-state index in [2.05, 4.69) is 16.9 Å². The van der Waals surface area contributed by atoms with E-state index in [-0.39, 0.29) is 21.5 Å². The molecule has 1 heterocycles. The molecule has 2 aromatic rings. The molecule has 1 aromatic heterocycles. The van der Waals surface area contributed by atoms with Gasteiger partial charge < -0.3 is 0 Å². The molecular weight excluding hydrogens is 286 g/mol. The van der Waals surface area contributed by atoms with Crippen molar-refractivity contribution in [3.8, 4) is 11.1 Å². The van der Waals surface area contributed by atoms with Gasteiger partial charge in [0, 0.05) is 5.41 Å². The molecule has 2 nitrogen and oxygen atoms in total. The summed E-state index contributed by atoms with van der Waals surface area (Å²) in [5.74, 6) is 0.325. The number of benzene rings is 1. The zero-order valence-corrected chi connectivity index (χ0v) is 11.8. The van der Waals surface area contributed by atoms with Crippen LogP contribution in [0.3, 0.4) is 0 Å². The van der Waals surface area contributed by atoms with E-state index in [0.717, 1.165) is 12.8 Å². The smallest absolute Gasteiger partial charge is 0.142 e. The molecule has 0 N–H and O–H groups in total. The summed E-state index contributed by atoms with van der Waals surface area (Å²) in [7, 11) is 0. The summed E-state index contributed by atoms with van der Waals surface area (Å²) >= 11 is 12.4. The van der Waals surface area contributed by atoms with Crippen molar-refractivity contribution in [1.82, 2.24) is 9.97 Å². The first-order chi connectivity index (χ1) is 8.99. The van der Waals surface area contributed by atoms with E-state index in [1.54, 1.807) is 12.1 Å². The minimum atomic E-state index is -0.345. The number of hydrogen-bond acceptors (Lipinski definition) is 2. The van der Waals surface area contributed by atoms with Crippen molar-refractivity contribution in [1.29, 1.82) is 0 Å². The Bertz CT molecular complexity index is 631. The van der Waals surface area contributed by atoms with Crippen LogP contribution < -0.4 is 0 Å². The zero-order valence-electron chi connectivity index (χ0n) is 10.3. The first-order valence-electron chi connectivity index (χ1n) is 5.99. The van der Waals surface area contributed by atoms with Gasteiger partial charge in [-0.2, -0.15) is 0 Å². The highest BCUT2D eigenvalue weighted by Crippen LogP contribution is 2.47. The van der Waals surface area contributed by atoms with Crippen LogP contribution in [-0.2, 0) is 5.41 Å². The van der Waals surface area contributed by atoms with Gasteiger partial charge >= 0.3 is 0 Å². The zero-order chi connectivity index (χ0) is 13.6. The van der Waals surface area contributed by atoms with Crippen LogP contribution in [0.25, 0.3) is 11.1 Å². The van der Waals surface area contributed by atoms with Gasteiger partial charge in [-0.3, -0.25) is 0 Å². The van der Waals surface area contributed by atoms with Crippen LogP contribution in [0.5, 0.6) is 0 Å². The Morgan fingerprint density at radius 1 is 1.16 bits per heavy atom. The molecule has 1 aliphatic carbocycles. The van der Waals surface area contributed by atoms with Gasteiger partial charge in [0.05, 0.1) is 5.56 Å². The molecule has 1 aromatic carbocycles. The third-order valence-corrected chi connectivity index (χ3v) is 4.02. The molecule has 0 spiro atoms. The molecule has 0 unspecified atom stereocenters. The quantitative estimate of drug-likeness (QED) is 0.755. The normalized spacial score (nSPS) is 16.4. The van der Waals surface area contributed by atoms with Crippen LogP contribution in [0.15, 0.2) is 24.3 Å². The maximum atomic E-state index is 13.3. The molecule has 0 bridgehead atoms. The molecule has 5 heteroatoms. The monoisotopic (exact) mass is 296 g/mol. The molecule has 19 heavy (non-hydrogen) atoms. The SMILES string of the molecule is CC1(c2nc(Cl)c(-c3cccc(F)c3)c(Cl)n2)CC1. The van der Waals surface area contributed by atoms with E-state index in [1.807, 2.05) is 0 Å². The number of rotatable bonds is 2. The predicted octanol–water partition coefficient (Wildman–Crippen LogP) is 4.64. The van der Waals surface area contributed by atoms with Crippen LogP contribution in [0.2, 0.25) is 10.3 Å². The van der Waals surface area contributed by atoms with E-state index >= 15 is 0 Å². The first kappa shape index (κ1) is 12.8.